The number of nitrogens with one attached hydrogen (secondary N) is 1. The minimum atomic E-state index is -0.229. The van der Waals surface area contributed by atoms with Crippen LogP contribution < -0.4 is 10.2 Å². The third kappa shape index (κ3) is 5.48. The normalized spacial score (nSPS) is 11.1. The van der Waals surface area contributed by atoms with Crippen LogP contribution in [0.25, 0.3) is 11.4 Å². The van der Waals surface area contributed by atoms with Gasteiger partial charge >= 0.3 is 0 Å². The van der Waals surface area contributed by atoms with Gasteiger partial charge in [0.2, 0.25) is 0 Å². The zero-order valence-electron chi connectivity index (χ0n) is 16.9. The minimum Gasteiger partial charge on any atom is -0.496 e. The Hall–Kier alpha value is -2.65. The molecule has 156 valence electrons. The number of aryl methyl sites for hydroxylation is 1. The van der Waals surface area contributed by atoms with Gasteiger partial charge in [0.15, 0.2) is 11.0 Å². The molecule has 0 fully saturated rings. The van der Waals surface area contributed by atoms with Crippen molar-refractivity contribution in [1.29, 1.82) is 0 Å². The van der Waals surface area contributed by atoms with Crippen LogP contribution >= 0.6 is 27.7 Å². The average Bonchev–Trinajstić information content (AvgIpc) is 3.16. The predicted octanol–water partition coefficient (Wildman–Crippen LogP) is 4.29. The monoisotopic (exact) mass is 487 g/mol. The van der Waals surface area contributed by atoms with E-state index in [1.165, 1.54) is 17.3 Å². The number of hydrogen-bond donors (Lipinski definition) is 1. The fraction of sp³-hybridized carbons (Fsp3) is 0.238. The van der Waals surface area contributed by atoms with E-state index in [-0.39, 0.29) is 11.7 Å². The molecule has 0 spiro atoms. The number of ether oxygens (including phenoxy) is 1. The van der Waals surface area contributed by atoms with Crippen molar-refractivity contribution in [3.63, 3.8) is 0 Å². The molecule has 9 heteroatoms. The van der Waals surface area contributed by atoms with Gasteiger partial charge in [-0.2, -0.15) is 5.10 Å². The van der Waals surface area contributed by atoms with Gasteiger partial charge in [-0.15, -0.1) is 10.2 Å². The second kappa shape index (κ2) is 10.4. The van der Waals surface area contributed by atoms with Crippen LogP contribution in [-0.4, -0.2) is 39.7 Å². The van der Waals surface area contributed by atoms with E-state index < -0.39 is 0 Å². The standard InChI is InChI=1S/C21H22BrN5O2S/c1-4-27-20(15-7-5-14(2)6-8-15)25-26-21(27)30-13-19(28)24-23-12-16-11-17(22)9-10-18(16)29-3/h5-12H,4,13H2,1-3H3,(H,24,28). The highest BCUT2D eigenvalue weighted by Gasteiger charge is 2.14. The summed E-state index contributed by atoms with van der Waals surface area (Å²) in [6, 6.07) is 13.7. The number of amides is 1. The number of methoxy groups -OCH3 is 1. The molecule has 1 amide bonds. The van der Waals surface area contributed by atoms with E-state index in [2.05, 4.69) is 36.7 Å². The fourth-order valence-corrected chi connectivity index (χ4v) is 3.91. The average molecular weight is 488 g/mol. The van der Waals surface area contributed by atoms with Gasteiger partial charge in [-0.1, -0.05) is 57.5 Å². The lowest BCUT2D eigenvalue weighted by Gasteiger charge is -2.07. The maximum atomic E-state index is 12.2. The van der Waals surface area contributed by atoms with Crippen LogP contribution in [-0.2, 0) is 11.3 Å². The van der Waals surface area contributed by atoms with Crippen LogP contribution in [0.3, 0.4) is 0 Å². The molecule has 1 N–H and O–H groups in total. The molecule has 3 aromatic rings. The highest BCUT2D eigenvalue weighted by molar-refractivity contribution is 9.10. The maximum Gasteiger partial charge on any atom is 0.250 e. The number of benzene rings is 2. The molecule has 0 saturated heterocycles. The molecule has 1 aromatic heterocycles. The largest absolute Gasteiger partial charge is 0.496 e. The summed E-state index contributed by atoms with van der Waals surface area (Å²) in [5, 5.41) is 13.3. The topological polar surface area (TPSA) is 81.4 Å². The first-order valence-electron chi connectivity index (χ1n) is 9.30. The number of rotatable bonds is 8. The van der Waals surface area contributed by atoms with Gasteiger partial charge in [0.1, 0.15) is 5.75 Å². The Morgan fingerprint density at radius 2 is 2.03 bits per heavy atom. The van der Waals surface area contributed by atoms with E-state index in [1.807, 2.05) is 60.9 Å². The number of hydrogen-bond acceptors (Lipinski definition) is 6. The van der Waals surface area contributed by atoms with Gasteiger partial charge in [0.25, 0.3) is 5.91 Å². The number of hydrazone groups is 1. The van der Waals surface area contributed by atoms with Crippen molar-refractivity contribution in [2.45, 2.75) is 25.5 Å². The first kappa shape index (κ1) is 22.0. The van der Waals surface area contributed by atoms with E-state index in [4.69, 9.17) is 4.74 Å². The Morgan fingerprint density at radius 3 is 2.73 bits per heavy atom. The number of aromatic nitrogens is 3. The predicted molar refractivity (Wildman–Crippen MR) is 123 cm³/mol. The highest BCUT2D eigenvalue weighted by Crippen LogP contribution is 2.24. The zero-order chi connectivity index (χ0) is 21.5. The third-order valence-electron chi connectivity index (χ3n) is 4.26. The zero-order valence-corrected chi connectivity index (χ0v) is 19.3. The lowest BCUT2D eigenvalue weighted by Crippen LogP contribution is -2.20. The molecule has 1 heterocycles. The Kier molecular flexibility index (Phi) is 7.64. The molecule has 30 heavy (non-hydrogen) atoms. The van der Waals surface area contributed by atoms with Gasteiger partial charge in [-0.05, 0) is 32.0 Å². The van der Waals surface area contributed by atoms with Crippen molar-refractivity contribution >= 4 is 39.8 Å². The number of halogens is 1. The molecule has 0 aliphatic carbocycles. The van der Waals surface area contributed by atoms with E-state index >= 15 is 0 Å². The molecule has 0 bridgehead atoms. The van der Waals surface area contributed by atoms with Crippen LogP contribution in [0.5, 0.6) is 5.75 Å². The number of nitrogens with zero attached hydrogens (tertiary/aromatic N) is 4. The summed E-state index contributed by atoms with van der Waals surface area (Å²) in [5.74, 6) is 1.41. The van der Waals surface area contributed by atoms with E-state index in [0.29, 0.717) is 17.5 Å². The van der Waals surface area contributed by atoms with Crippen molar-refractivity contribution < 1.29 is 9.53 Å². The molecular formula is C21H22BrN5O2S. The Bertz CT molecular complexity index is 1050. The highest BCUT2D eigenvalue weighted by atomic mass is 79.9. The van der Waals surface area contributed by atoms with E-state index in [0.717, 1.165) is 21.4 Å². The molecule has 3 rings (SSSR count). The molecule has 0 unspecified atom stereocenters. The Labute approximate surface area is 188 Å². The maximum absolute atomic E-state index is 12.2. The number of thioether (sulfide) groups is 1. The smallest absolute Gasteiger partial charge is 0.250 e. The van der Waals surface area contributed by atoms with Crippen LogP contribution in [0.2, 0.25) is 0 Å². The first-order chi connectivity index (χ1) is 14.5. The molecule has 7 nitrogen and oxygen atoms in total. The van der Waals surface area contributed by atoms with Crippen molar-refractivity contribution in [2.24, 2.45) is 5.10 Å². The van der Waals surface area contributed by atoms with Gasteiger partial charge in [-0.3, -0.25) is 4.79 Å². The van der Waals surface area contributed by atoms with Crippen LogP contribution in [0.4, 0.5) is 0 Å². The van der Waals surface area contributed by atoms with Gasteiger partial charge < -0.3 is 9.30 Å². The van der Waals surface area contributed by atoms with Crippen LogP contribution in [0, 0.1) is 6.92 Å². The molecule has 2 aromatic carbocycles. The van der Waals surface area contributed by atoms with Crippen molar-refractivity contribution in [2.75, 3.05) is 12.9 Å². The van der Waals surface area contributed by atoms with Crippen molar-refractivity contribution in [3.05, 3.63) is 58.1 Å². The molecule has 0 aliphatic rings. The summed E-state index contributed by atoms with van der Waals surface area (Å²) in [5.41, 5.74) is 5.48. The van der Waals surface area contributed by atoms with Crippen LogP contribution in [0.1, 0.15) is 18.1 Å². The van der Waals surface area contributed by atoms with E-state index in [9.17, 15) is 4.79 Å². The van der Waals surface area contributed by atoms with Gasteiger partial charge in [0, 0.05) is 22.1 Å². The van der Waals surface area contributed by atoms with Crippen molar-refractivity contribution in [1.82, 2.24) is 20.2 Å². The molecular weight excluding hydrogens is 466 g/mol. The fourth-order valence-electron chi connectivity index (χ4n) is 2.74. The van der Waals surface area contributed by atoms with Crippen LogP contribution in [0.15, 0.2) is 57.2 Å². The summed E-state index contributed by atoms with van der Waals surface area (Å²) in [4.78, 5) is 12.2. The third-order valence-corrected chi connectivity index (χ3v) is 5.72. The molecule has 0 aliphatic heterocycles. The second-order valence-electron chi connectivity index (χ2n) is 6.38. The summed E-state index contributed by atoms with van der Waals surface area (Å²) >= 11 is 4.74. The first-order valence-corrected chi connectivity index (χ1v) is 11.1. The van der Waals surface area contributed by atoms with Gasteiger partial charge in [-0.25, -0.2) is 5.43 Å². The van der Waals surface area contributed by atoms with Crippen molar-refractivity contribution in [3.8, 4) is 17.1 Å². The summed E-state index contributed by atoms with van der Waals surface area (Å²) in [6.45, 7) is 4.78. The number of carbonyl (C=O) groups excluding carboxylic acids is 1. The minimum absolute atomic E-state index is 0.180. The van der Waals surface area contributed by atoms with E-state index in [1.54, 1.807) is 13.3 Å². The SMILES string of the molecule is CCn1c(SCC(=O)NN=Cc2cc(Br)ccc2OC)nnc1-c1ccc(C)cc1. The lowest BCUT2D eigenvalue weighted by molar-refractivity contribution is -0.118. The lowest BCUT2D eigenvalue weighted by atomic mass is 10.1. The summed E-state index contributed by atoms with van der Waals surface area (Å²) in [6.07, 6.45) is 1.55. The van der Waals surface area contributed by atoms with Gasteiger partial charge in [0.05, 0.1) is 19.1 Å². The summed E-state index contributed by atoms with van der Waals surface area (Å²) in [7, 11) is 1.59. The Morgan fingerprint density at radius 1 is 1.27 bits per heavy atom. The quantitative estimate of drug-likeness (QED) is 0.291. The molecule has 0 saturated carbocycles. The Balaban J connectivity index is 1.61. The number of carbonyl (C=O) groups is 1. The molecule has 0 atom stereocenters. The summed E-state index contributed by atoms with van der Waals surface area (Å²) < 4.78 is 8.18. The second-order valence-corrected chi connectivity index (χ2v) is 8.24. The molecule has 0 radical (unpaired) electrons.